The predicted octanol–water partition coefficient (Wildman–Crippen LogP) is 6.69. The second-order valence-corrected chi connectivity index (χ2v) is 7.47. The van der Waals surface area contributed by atoms with Crippen LogP contribution in [0.4, 0.5) is 4.39 Å². The van der Waals surface area contributed by atoms with Crippen molar-refractivity contribution in [3.8, 4) is 22.6 Å². The van der Waals surface area contributed by atoms with Crippen LogP contribution in [0.1, 0.15) is 21.5 Å². The number of fused-ring (bicyclic) bond motifs is 1. The van der Waals surface area contributed by atoms with Gasteiger partial charge in [0.25, 0.3) is 0 Å². The number of hydrogen-bond donors (Lipinski definition) is 0. The predicted molar refractivity (Wildman–Crippen MR) is 122 cm³/mol. The molecule has 1 heterocycles. The average molecular weight is 422 g/mol. The third-order valence-electron chi connectivity index (χ3n) is 5.31. The van der Waals surface area contributed by atoms with E-state index in [9.17, 15) is 9.18 Å². The summed E-state index contributed by atoms with van der Waals surface area (Å²) in [6, 6.07) is 29.5. The quantitative estimate of drug-likeness (QED) is 0.336. The fourth-order valence-electron chi connectivity index (χ4n) is 3.59. The molecule has 156 valence electrons. The minimum Gasteiger partial charge on any atom is -0.489 e. The summed E-state index contributed by atoms with van der Waals surface area (Å²) in [5, 5.41) is 0. The maximum absolute atomic E-state index is 13.8. The third-order valence-corrected chi connectivity index (χ3v) is 5.31. The van der Waals surface area contributed by atoms with Crippen LogP contribution in [0.5, 0.6) is 11.5 Å². The molecule has 0 N–H and O–H groups in total. The summed E-state index contributed by atoms with van der Waals surface area (Å²) in [7, 11) is 0. The lowest BCUT2D eigenvalue weighted by molar-refractivity contribution is 0.101. The van der Waals surface area contributed by atoms with E-state index >= 15 is 0 Å². The van der Waals surface area contributed by atoms with Crippen molar-refractivity contribution in [2.45, 2.75) is 6.61 Å². The molecule has 0 radical (unpaired) electrons. The maximum atomic E-state index is 13.8. The number of halogens is 1. The molecule has 0 unspecified atom stereocenters. The van der Waals surface area contributed by atoms with Crippen LogP contribution in [-0.4, -0.2) is 5.78 Å². The molecule has 0 aromatic heterocycles. The van der Waals surface area contributed by atoms with E-state index in [1.165, 1.54) is 6.07 Å². The molecule has 1 aliphatic heterocycles. The van der Waals surface area contributed by atoms with Crippen molar-refractivity contribution in [2.24, 2.45) is 0 Å². The topological polar surface area (TPSA) is 35.5 Å². The normalized spacial score (nSPS) is 13.7. The summed E-state index contributed by atoms with van der Waals surface area (Å²) in [4.78, 5) is 12.7. The Kier molecular flexibility index (Phi) is 5.26. The highest BCUT2D eigenvalue weighted by molar-refractivity contribution is 6.14. The van der Waals surface area contributed by atoms with Gasteiger partial charge in [-0.2, -0.15) is 0 Å². The van der Waals surface area contributed by atoms with E-state index in [0.717, 1.165) is 16.7 Å². The molecule has 0 aliphatic carbocycles. The van der Waals surface area contributed by atoms with Gasteiger partial charge in [0.15, 0.2) is 5.76 Å². The van der Waals surface area contributed by atoms with Gasteiger partial charge >= 0.3 is 0 Å². The maximum Gasteiger partial charge on any atom is 0.231 e. The zero-order valence-corrected chi connectivity index (χ0v) is 17.1. The summed E-state index contributed by atoms with van der Waals surface area (Å²) in [6.07, 6.45) is 1.73. The van der Waals surface area contributed by atoms with E-state index in [1.54, 1.807) is 42.5 Å². The summed E-state index contributed by atoms with van der Waals surface area (Å²) in [5.41, 5.74) is 4.05. The zero-order chi connectivity index (χ0) is 21.9. The SMILES string of the molecule is O=C1C(=Cc2ccc(-c3ccccc3)cc2)Oc2cc(OCc3ccccc3F)ccc21. The highest BCUT2D eigenvalue weighted by atomic mass is 19.1. The lowest BCUT2D eigenvalue weighted by Gasteiger charge is -2.08. The number of carbonyl (C=O) groups excluding carboxylic acids is 1. The Balaban J connectivity index is 1.31. The van der Waals surface area contributed by atoms with Crippen LogP contribution < -0.4 is 9.47 Å². The van der Waals surface area contributed by atoms with E-state index in [1.807, 2.05) is 42.5 Å². The summed E-state index contributed by atoms with van der Waals surface area (Å²) in [5.74, 6) is 0.719. The van der Waals surface area contributed by atoms with Gasteiger partial charge < -0.3 is 9.47 Å². The monoisotopic (exact) mass is 422 g/mol. The molecule has 1 aliphatic rings. The van der Waals surface area contributed by atoms with Crippen molar-refractivity contribution in [3.63, 3.8) is 0 Å². The highest BCUT2D eigenvalue weighted by Crippen LogP contribution is 2.35. The van der Waals surface area contributed by atoms with Crippen LogP contribution in [0.2, 0.25) is 0 Å². The van der Waals surface area contributed by atoms with Crippen molar-refractivity contribution < 1.29 is 18.7 Å². The van der Waals surface area contributed by atoms with Crippen LogP contribution in [-0.2, 0) is 6.61 Å². The molecule has 4 aromatic carbocycles. The van der Waals surface area contributed by atoms with Gasteiger partial charge in [-0.1, -0.05) is 72.8 Å². The van der Waals surface area contributed by atoms with E-state index in [2.05, 4.69) is 12.1 Å². The second kappa shape index (κ2) is 8.52. The van der Waals surface area contributed by atoms with E-state index < -0.39 is 0 Å². The Morgan fingerprint density at radius 3 is 2.31 bits per heavy atom. The molecule has 0 saturated carbocycles. The molecule has 5 rings (SSSR count). The molecule has 0 spiro atoms. The van der Waals surface area contributed by atoms with Gasteiger partial charge in [0.2, 0.25) is 5.78 Å². The van der Waals surface area contributed by atoms with Gasteiger partial charge in [0.1, 0.15) is 23.9 Å². The molecular weight excluding hydrogens is 403 g/mol. The molecule has 0 bridgehead atoms. The highest BCUT2D eigenvalue weighted by Gasteiger charge is 2.27. The Labute approximate surface area is 185 Å². The van der Waals surface area contributed by atoms with Gasteiger partial charge in [-0.25, -0.2) is 4.39 Å². The number of allylic oxidation sites excluding steroid dienone is 1. The van der Waals surface area contributed by atoms with Crippen LogP contribution >= 0.6 is 0 Å². The summed E-state index contributed by atoms with van der Waals surface area (Å²) >= 11 is 0. The first-order valence-electron chi connectivity index (χ1n) is 10.3. The number of rotatable bonds is 5. The second-order valence-electron chi connectivity index (χ2n) is 7.47. The first-order valence-corrected chi connectivity index (χ1v) is 10.3. The fraction of sp³-hybridized carbons (Fsp3) is 0.0357. The van der Waals surface area contributed by atoms with Gasteiger partial charge in [0.05, 0.1) is 5.56 Å². The molecule has 4 aromatic rings. The van der Waals surface area contributed by atoms with Gasteiger partial charge in [-0.15, -0.1) is 0 Å². The Bertz CT molecular complexity index is 1310. The minimum absolute atomic E-state index is 0.0931. The van der Waals surface area contributed by atoms with Crippen molar-refractivity contribution in [3.05, 3.63) is 125 Å². The van der Waals surface area contributed by atoms with Crippen molar-refractivity contribution >= 4 is 11.9 Å². The number of carbonyl (C=O) groups is 1. The number of benzene rings is 4. The number of Topliss-reactive ketones (excluding diaryl/α,β-unsaturated/α-hetero) is 1. The molecule has 0 amide bonds. The Morgan fingerprint density at radius 1 is 0.812 bits per heavy atom. The Morgan fingerprint density at radius 2 is 1.53 bits per heavy atom. The number of ether oxygens (including phenoxy) is 2. The molecular formula is C28H19FO3. The minimum atomic E-state index is -0.316. The molecule has 3 nitrogen and oxygen atoms in total. The smallest absolute Gasteiger partial charge is 0.231 e. The molecule has 4 heteroatoms. The molecule has 0 atom stereocenters. The van der Waals surface area contributed by atoms with Crippen LogP contribution in [0.3, 0.4) is 0 Å². The third kappa shape index (κ3) is 4.03. The largest absolute Gasteiger partial charge is 0.489 e. The van der Waals surface area contributed by atoms with Gasteiger partial charge in [0, 0.05) is 11.6 Å². The van der Waals surface area contributed by atoms with Gasteiger partial charge in [-0.3, -0.25) is 4.79 Å². The van der Waals surface area contributed by atoms with Crippen molar-refractivity contribution in [1.29, 1.82) is 0 Å². The number of ketones is 1. The zero-order valence-electron chi connectivity index (χ0n) is 17.1. The van der Waals surface area contributed by atoms with Crippen LogP contribution in [0.15, 0.2) is 103 Å². The van der Waals surface area contributed by atoms with E-state index in [-0.39, 0.29) is 24.0 Å². The lowest BCUT2D eigenvalue weighted by atomic mass is 10.0. The van der Waals surface area contributed by atoms with Crippen molar-refractivity contribution in [2.75, 3.05) is 0 Å². The Hall–Kier alpha value is -4.18. The lowest BCUT2D eigenvalue weighted by Crippen LogP contribution is -1.98. The fourth-order valence-corrected chi connectivity index (χ4v) is 3.59. The first kappa shape index (κ1) is 19.8. The first-order chi connectivity index (χ1) is 15.7. The van der Waals surface area contributed by atoms with Crippen LogP contribution in [0.25, 0.3) is 17.2 Å². The van der Waals surface area contributed by atoms with E-state index in [0.29, 0.717) is 22.6 Å². The molecule has 0 fully saturated rings. The van der Waals surface area contributed by atoms with E-state index in [4.69, 9.17) is 9.47 Å². The standard InChI is InChI=1S/C28H19FO3/c29-25-9-5-4-8-22(25)18-31-23-14-15-24-26(17-23)32-27(28(24)30)16-19-10-12-21(13-11-19)20-6-2-1-3-7-20/h1-17H,18H2. The summed E-state index contributed by atoms with van der Waals surface area (Å²) in [6.45, 7) is 0.0931. The number of hydrogen-bond acceptors (Lipinski definition) is 3. The molecule has 32 heavy (non-hydrogen) atoms. The summed E-state index contributed by atoms with van der Waals surface area (Å²) < 4.78 is 25.3. The van der Waals surface area contributed by atoms with Gasteiger partial charge in [-0.05, 0) is 41.0 Å². The average Bonchev–Trinajstić information content (AvgIpc) is 3.14. The molecule has 0 saturated heterocycles. The van der Waals surface area contributed by atoms with Crippen molar-refractivity contribution in [1.82, 2.24) is 0 Å². The van der Waals surface area contributed by atoms with Crippen LogP contribution in [0, 0.1) is 5.82 Å².